The van der Waals surface area contributed by atoms with E-state index >= 15 is 0 Å². The van der Waals surface area contributed by atoms with Gasteiger partial charge in [-0.15, -0.1) is 0 Å². The standard InChI is InChI=1S/C48H78N9O14PS/c1-30(2)23-37(46(63)54-38(24-35-26-50-29-52-35)45(62)53-32(4)44(61)56-42(43(49)60)33(5)71-72(65,66)67)55-47(64)39-25-36(68-20-12-11-15-34-13-9-8-10-14-34)27-57(39)41(59)17-21-70-48(6,7)28-69-31(3)16-19-51-40(58)18-22-73/h8-10,13-14,26,29-33,36-39,42,73H,11-12,15-25,27-28H2,1-7H3,(H2,49,60)(H,50,52)(H,51,58)(H,53,62)(H,54,63)(H,55,64)(H,56,61)(H2,65,66,67)/t31?,32-,33+,36+,37-,38-,39-,42-/m0/s1. The maximum Gasteiger partial charge on any atom is 0.469 e. The molecule has 1 aliphatic rings. The Labute approximate surface area is 433 Å². The average Bonchev–Trinajstić information content (AvgIpc) is 3.99. The van der Waals surface area contributed by atoms with Crippen molar-refractivity contribution < 1.29 is 66.6 Å². The molecule has 73 heavy (non-hydrogen) atoms. The number of nitrogens with one attached hydrogen (secondary N) is 6. The molecule has 0 bridgehead atoms. The minimum absolute atomic E-state index is 0.0213. The van der Waals surface area contributed by atoms with Crippen LogP contribution in [0.1, 0.15) is 105 Å². The van der Waals surface area contributed by atoms with Gasteiger partial charge in [-0.05, 0) is 84.0 Å². The Balaban J connectivity index is 1.74. The first-order valence-electron chi connectivity index (χ1n) is 24.7. The number of nitrogens with two attached hydrogens (primary N) is 1. The summed E-state index contributed by atoms with van der Waals surface area (Å²) in [5.74, 6) is -4.42. The lowest BCUT2D eigenvalue weighted by molar-refractivity contribution is -0.142. The van der Waals surface area contributed by atoms with Gasteiger partial charge in [0.1, 0.15) is 30.2 Å². The molecule has 0 radical (unpaired) electrons. The number of H-pyrrole nitrogens is 1. The maximum absolute atomic E-state index is 14.4. The molecule has 1 fully saturated rings. The SMILES string of the molecule is CC(C)C[C@H](NC(=O)[C@@H]1C[C@@H](OCCCCc2ccccc2)CN1C(=O)CCOC(C)(C)COC(C)CCNC(=O)CCS)C(=O)N[C@@H](Cc1cnc[nH]1)C(=O)N[C@@H](C)C(=O)N[C@H](C(N)=O)[C@@H](C)OP(=O)(O)O. The number of hydrogen-bond donors (Lipinski definition) is 10. The number of aryl methyl sites for hydroxylation is 1. The van der Waals surface area contributed by atoms with E-state index in [9.17, 15) is 47.9 Å². The van der Waals surface area contributed by atoms with Crippen molar-refractivity contribution >= 4 is 61.8 Å². The van der Waals surface area contributed by atoms with E-state index in [1.807, 2.05) is 52.8 Å². The predicted molar refractivity (Wildman–Crippen MR) is 272 cm³/mol. The Bertz CT molecular complexity index is 2120. The molecule has 0 spiro atoms. The van der Waals surface area contributed by atoms with Crippen LogP contribution in [0.4, 0.5) is 0 Å². The minimum Gasteiger partial charge on any atom is -0.376 e. The van der Waals surface area contributed by atoms with E-state index in [4.69, 9.17) is 19.9 Å². The highest BCUT2D eigenvalue weighted by molar-refractivity contribution is 7.80. The summed E-state index contributed by atoms with van der Waals surface area (Å²) in [6.07, 6.45) is 4.09. The number of ether oxygens (including phenoxy) is 3. The number of amides is 7. The van der Waals surface area contributed by atoms with Gasteiger partial charge >= 0.3 is 7.82 Å². The molecule has 8 atom stereocenters. The van der Waals surface area contributed by atoms with Gasteiger partial charge in [-0.25, -0.2) is 9.55 Å². The molecule has 410 valence electrons. The molecule has 2 aromatic rings. The number of carbonyl (C=O) groups excluding carboxylic acids is 7. The van der Waals surface area contributed by atoms with Crippen LogP contribution in [0.25, 0.3) is 0 Å². The van der Waals surface area contributed by atoms with Crippen molar-refractivity contribution in [3.05, 3.63) is 54.1 Å². The van der Waals surface area contributed by atoms with Crippen molar-refractivity contribution in [2.24, 2.45) is 11.7 Å². The quantitative estimate of drug-likeness (QED) is 0.0269. The van der Waals surface area contributed by atoms with Crippen molar-refractivity contribution in [2.75, 3.05) is 38.7 Å². The summed E-state index contributed by atoms with van der Waals surface area (Å²) in [5, 5.41) is 13.1. The van der Waals surface area contributed by atoms with Crippen molar-refractivity contribution in [1.82, 2.24) is 41.5 Å². The van der Waals surface area contributed by atoms with Crippen LogP contribution in [-0.4, -0.2) is 159 Å². The number of primary amides is 1. The summed E-state index contributed by atoms with van der Waals surface area (Å²) in [4.78, 5) is 120. The van der Waals surface area contributed by atoms with Gasteiger partial charge in [0, 0.05) is 50.8 Å². The molecule has 1 aromatic heterocycles. The highest BCUT2D eigenvalue weighted by Crippen LogP contribution is 2.38. The van der Waals surface area contributed by atoms with E-state index in [2.05, 4.69) is 65.8 Å². The Morgan fingerprint density at radius 2 is 1.63 bits per heavy atom. The summed E-state index contributed by atoms with van der Waals surface area (Å²) in [5.41, 5.74) is 6.23. The number of aromatic nitrogens is 2. The predicted octanol–water partition coefficient (Wildman–Crippen LogP) is 1.37. The number of thiol groups is 1. The summed E-state index contributed by atoms with van der Waals surface area (Å²) >= 11 is 4.08. The van der Waals surface area contributed by atoms with E-state index < -0.39 is 85.4 Å². The van der Waals surface area contributed by atoms with Crippen LogP contribution in [0.2, 0.25) is 0 Å². The fourth-order valence-corrected chi connectivity index (χ4v) is 8.58. The summed E-state index contributed by atoms with van der Waals surface area (Å²) in [6.45, 7) is 12.9. The Kier molecular flexibility index (Phi) is 26.5. The third kappa shape index (κ3) is 23.9. The number of nitrogens with zero attached hydrogens (tertiary/aromatic N) is 2. The van der Waals surface area contributed by atoms with Crippen LogP contribution < -0.4 is 32.3 Å². The minimum atomic E-state index is -5.08. The van der Waals surface area contributed by atoms with Gasteiger partial charge in [0.2, 0.25) is 41.4 Å². The fourth-order valence-electron chi connectivity index (χ4n) is 7.82. The molecule has 1 unspecified atom stereocenters. The van der Waals surface area contributed by atoms with E-state index in [0.717, 1.165) is 26.2 Å². The third-order valence-corrected chi connectivity index (χ3v) is 12.6. The molecule has 1 aliphatic heterocycles. The normalized spacial score (nSPS) is 17.4. The number of rotatable bonds is 34. The zero-order valence-corrected chi connectivity index (χ0v) is 44.8. The smallest absolute Gasteiger partial charge is 0.376 e. The van der Waals surface area contributed by atoms with Crippen molar-refractivity contribution in [1.29, 1.82) is 0 Å². The number of aromatic amines is 1. The molecule has 23 nitrogen and oxygen atoms in total. The fraction of sp³-hybridized carbons (Fsp3) is 0.667. The van der Waals surface area contributed by atoms with E-state index in [1.165, 1.54) is 29.9 Å². The number of carbonyl (C=O) groups is 7. The van der Waals surface area contributed by atoms with Gasteiger partial charge < -0.3 is 66.2 Å². The lowest BCUT2D eigenvalue weighted by Crippen LogP contribution is -2.59. The molecule has 3 rings (SSSR count). The van der Waals surface area contributed by atoms with Gasteiger partial charge in [0.05, 0.1) is 49.9 Å². The maximum atomic E-state index is 14.4. The molecule has 1 aromatic carbocycles. The first-order chi connectivity index (χ1) is 34.4. The van der Waals surface area contributed by atoms with Gasteiger partial charge in [-0.2, -0.15) is 12.6 Å². The Morgan fingerprint density at radius 3 is 2.26 bits per heavy atom. The lowest BCUT2D eigenvalue weighted by atomic mass is 10.0. The zero-order valence-electron chi connectivity index (χ0n) is 43.0. The zero-order chi connectivity index (χ0) is 54.3. The molecular weight excluding hydrogens is 990 g/mol. The Hall–Kier alpha value is -4.94. The molecule has 0 aliphatic carbocycles. The van der Waals surface area contributed by atoms with Crippen LogP contribution in [0.3, 0.4) is 0 Å². The molecule has 10 N–H and O–H groups in total. The van der Waals surface area contributed by atoms with E-state index in [0.29, 0.717) is 37.4 Å². The highest BCUT2D eigenvalue weighted by atomic mass is 32.1. The van der Waals surface area contributed by atoms with Crippen molar-refractivity contribution in [3.8, 4) is 0 Å². The third-order valence-electron chi connectivity index (χ3n) is 11.8. The second kappa shape index (κ2) is 31.1. The summed E-state index contributed by atoms with van der Waals surface area (Å²) < 4.78 is 34.3. The average molecular weight is 1070 g/mol. The molecule has 2 heterocycles. The molecule has 25 heteroatoms. The van der Waals surface area contributed by atoms with Gasteiger partial charge in [-0.1, -0.05) is 44.2 Å². The number of likely N-dealkylation sites (tertiary alicyclic amines) is 1. The van der Waals surface area contributed by atoms with Crippen molar-refractivity contribution in [2.45, 2.75) is 160 Å². The van der Waals surface area contributed by atoms with Crippen LogP contribution in [0.15, 0.2) is 42.9 Å². The van der Waals surface area contributed by atoms with Crippen LogP contribution in [0, 0.1) is 5.92 Å². The van der Waals surface area contributed by atoms with Gasteiger partial charge in [0.25, 0.3) is 0 Å². The Morgan fingerprint density at radius 1 is 0.932 bits per heavy atom. The monoisotopic (exact) mass is 1070 g/mol. The lowest BCUT2D eigenvalue weighted by Gasteiger charge is -2.29. The molecule has 0 saturated carbocycles. The number of phosphoric acid groups is 1. The topological polar surface area (TPSA) is 332 Å². The number of benzene rings is 1. The van der Waals surface area contributed by atoms with Crippen LogP contribution in [0.5, 0.6) is 0 Å². The van der Waals surface area contributed by atoms with Crippen LogP contribution in [-0.2, 0) is 69.7 Å². The molecular formula is C48H78N9O14PS. The van der Waals surface area contributed by atoms with Crippen LogP contribution >= 0.6 is 20.5 Å². The van der Waals surface area contributed by atoms with Gasteiger partial charge in [-0.3, -0.25) is 38.1 Å². The second-order valence-electron chi connectivity index (χ2n) is 19.3. The largest absolute Gasteiger partial charge is 0.469 e. The van der Waals surface area contributed by atoms with E-state index in [1.54, 1.807) is 0 Å². The second-order valence-corrected chi connectivity index (χ2v) is 20.9. The number of hydrogen-bond acceptors (Lipinski definition) is 14. The number of phosphoric ester groups is 1. The summed E-state index contributed by atoms with van der Waals surface area (Å²) in [7, 11) is -5.08. The number of imidazole rings is 1. The number of unbranched alkanes of at least 4 members (excludes halogenated alkanes) is 1. The highest BCUT2D eigenvalue weighted by Gasteiger charge is 2.42. The first-order valence-corrected chi connectivity index (χ1v) is 26.8. The van der Waals surface area contributed by atoms with Crippen molar-refractivity contribution in [3.63, 3.8) is 0 Å². The van der Waals surface area contributed by atoms with Gasteiger partial charge in [0.15, 0.2) is 0 Å². The first kappa shape index (κ1) is 62.4. The molecule has 7 amide bonds. The van der Waals surface area contributed by atoms with E-state index in [-0.39, 0.29) is 69.3 Å². The summed E-state index contributed by atoms with van der Waals surface area (Å²) in [6, 6.07) is 3.44. The molecule has 1 saturated heterocycles.